The molecule has 150 valence electrons. The molecule has 1 N–H and O–H groups in total. The Balaban J connectivity index is 1.74. The van der Waals surface area contributed by atoms with Crippen LogP contribution in [0.3, 0.4) is 0 Å². The quantitative estimate of drug-likeness (QED) is 0.803. The maximum Gasteiger partial charge on any atom is 0.255 e. The van der Waals surface area contributed by atoms with Gasteiger partial charge in [-0.25, -0.2) is 8.42 Å². The predicted molar refractivity (Wildman–Crippen MR) is 112 cm³/mol. The molecule has 28 heavy (non-hydrogen) atoms. The van der Waals surface area contributed by atoms with Gasteiger partial charge in [0.2, 0.25) is 10.0 Å². The first kappa shape index (κ1) is 20.6. The van der Waals surface area contributed by atoms with Crippen molar-refractivity contribution in [1.82, 2.24) is 4.31 Å². The lowest BCUT2D eigenvalue weighted by Crippen LogP contribution is -2.38. The second-order valence-electron chi connectivity index (χ2n) is 7.61. The summed E-state index contributed by atoms with van der Waals surface area (Å²) in [6.07, 6.45) is 5.14. The van der Waals surface area contributed by atoms with Gasteiger partial charge >= 0.3 is 0 Å². The summed E-state index contributed by atoms with van der Waals surface area (Å²) < 4.78 is 27.3. The highest BCUT2D eigenvalue weighted by molar-refractivity contribution is 7.89. The molecule has 0 radical (unpaired) electrons. The molecule has 1 aliphatic carbocycles. The Morgan fingerprint density at radius 3 is 2.25 bits per heavy atom. The van der Waals surface area contributed by atoms with Gasteiger partial charge in [0, 0.05) is 24.3 Å². The van der Waals surface area contributed by atoms with Gasteiger partial charge in [0.05, 0.1) is 4.90 Å². The number of rotatable bonds is 5. The molecule has 3 rings (SSSR count). The van der Waals surface area contributed by atoms with Gasteiger partial charge < -0.3 is 5.32 Å². The average Bonchev–Trinajstić information content (AvgIpc) is 2.70. The lowest BCUT2D eigenvalue weighted by atomic mass is 9.96. The number of amides is 1. The molecule has 1 amide bonds. The van der Waals surface area contributed by atoms with E-state index in [4.69, 9.17) is 0 Å². The van der Waals surface area contributed by atoms with E-state index < -0.39 is 10.0 Å². The molecule has 1 fully saturated rings. The van der Waals surface area contributed by atoms with Gasteiger partial charge in [0.15, 0.2) is 0 Å². The van der Waals surface area contributed by atoms with Crippen molar-refractivity contribution < 1.29 is 13.2 Å². The number of sulfonamides is 1. The van der Waals surface area contributed by atoms with Crippen LogP contribution < -0.4 is 5.32 Å². The summed E-state index contributed by atoms with van der Waals surface area (Å²) in [5.41, 5.74) is 3.30. The minimum atomic E-state index is -3.55. The number of benzene rings is 2. The summed E-state index contributed by atoms with van der Waals surface area (Å²) in [6.45, 7) is 3.95. The third kappa shape index (κ3) is 4.45. The molecule has 2 aromatic carbocycles. The van der Waals surface area contributed by atoms with E-state index in [2.05, 4.69) is 5.32 Å². The minimum absolute atomic E-state index is 0.0613. The molecule has 0 aliphatic heterocycles. The average molecular weight is 401 g/mol. The maximum atomic E-state index is 12.9. The highest BCUT2D eigenvalue weighted by Crippen LogP contribution is 2.26. The van der Waals surface area contributed by atoms with Crippen LogP contribution in [0.4, 0.5) is 5.69 Å². The van der Waals surface area contributed by atoms with E-state index >= 15 is 0 Å². The van der Waals surface area contributed by atoms with Crippen LogP contribution in [0.1, 0.15) is 53.6 Å². The standard InChI is InChI=1S/C22H28N2O3S/c1-16-9-14-21(17(2)15-16)23-22(25)18-10-12-20(13-11-18)28(26,27)24(3)19-7-5-4-6-8-19/h9-15,19H,4-8H2,1-3H3,(H,23,25). The van der Waals surface area contributed by atoms with Crippen molar-refractivity contribution in [3.05, 3.63) is 59.2 Å². The molecule has 1 saturated carbocycles. The van der Waals surface area contributed by atoms with Crippen LogP contribution in [0.25, 0.3) is 0 Å². The van der Waals surface area contributed by atoms with Crippen LogP contribution in [-0.2, 0) is 10.0 Å². The summed E-state index contributed by atoms with van der Waals surface area (Å²) in [4.78, 5) is 12.7. The molecule has 0 heterocycles. The first-order chi connectivity index (χ1) is 13.3. The monoisotopic (exact) mass is 400 g/mol. The Hall–Kier alpha value is -2.18. The molecular weight excluding hydrogens is 372 g/mol. The normalized spacial score (nSPS) is 15.6. The van der Waals surface area contributed by atoms with Crippen molar-refractivity contribution in [1.29, 1.82) is 0 Å². The Morgan fingerprint density at radius 2 is 1.64 bits per heavy atom. The van der Waals surface area contributed by atoms with Gasteiger partial charge in [-0.1, -0.05) is 37.0 Å². The Bertz CT molecular complexity index is 946. The molecule has 0 spiro atoms. The SMILES string of the molecule is Cc1ccc(NC(=O)c2ccc(S(=O)(=O)N(C)C3CCCCC3)cc2)c(C)c1. The number of hydrogen-bond donors (Lipinski definition) is 1. The fourth-order valence-corrected chi connectivity index (χ4v) is 5.15. The molecule has 0 atom stereocenters. The fraction of sp³-hybridized carbons (Fsp3) is 0.409. The number of carbonyl (C=O) groups is 1. The zero-order chi connectivity index (χ0) is 20.3. The van der Waals surface area contributed by atoms with Gasteiger partial charge in [-0.05, 0) is 62.6 Å². The number of hydrogen-bond acceptors (Lipinski definition) is 3. The fourth-order valence-electron chi connectivity index (χ4n) is 3.73. The summed E-state index contributed by atoms with van der Waals surface area (Å²) >= 11 is 0. The highest BCUT2D eigenvalue weighted by Gasteiger charge is 2.29. The van der Waals surface area contributed by atoms with Crippen LogP contribution >= 0.6 is 0 Å². The molecule has 0 saturated heterocycles. The van der Waals surface area contributed by atoms with Gasteiger partial charge in [-0.3, -0.25) is 4.79 Å². The molecule has 6 heteroatoms. The van der Waals surface area contributed by atoms with Gasteiger partial charge in [-0.15, -0.1) is 0 Å². The van der Waals surface area contributed by atoms with E-state index in [1.165, 1.54) is 22.9 Å². The van der Waals surface area contributed by atoms with Gasteiger partial charge in [0.25, 0.3) is 5.91 Å². The van der Waals surface area contributed by atoms with Crippen LogP contribution in [0.2, 0.25) is 0 Å². The van der Waals surface area contributed by atoms with E-state index in [0.29, 0.717) is 5.56 Å². The summed E-state index contributed by atoms with van der Waals surface area (Å²) in [5, 5.41) is 2.89. The van der Waals surface area contributed by atoms with E-state index in [1.54, 1.807) is 19.2 Å². The van der Waals surface area contributed by atoms with Crippen LogP contribution in [0, 0.1) is 13.8 Å². The largest absolute Gasteiger partial charge is 0.322 e. The molecule has 0 unspecified atom stereocenters. The van der Waals surface area contributed by atoms with E-state index in [1.807, 2.05) is 32.0 Å². The molecule has 0 bridgehead atoms. The van der Waals surface area contributed by atoms with Gasteiger partial charge in [0.1, 0.15) is 0 Å². The van der Waals surface area contributed by atoms with Crippen molar-refractivity contribution in [2.24, 2.45) is 0 Å². The minimum Gasteiger partial charge on any atom is -0.322 e. The first-order valence-corrected chi connectivity index (χ1v) is 11.2. The van der Waals surface area contributed by atoms with Crippen LogP contribution in [0.5, 0.6) is 0 Å². The van der Waals surface area contributed by atoms with E-state index in [0.717, 1.165) is 42.5 Å². The lowest BCUT2D eigenvalue weighted by molar-refractivity contribution is 0.102. The molecular formula is C22H28N2O3S. The van der Waals surface area contributed by atoms with Crippen molar-refractivity contribution in [3.63, 3.8) is 0 Å². The second-order valence-corrected chi connectivity index (χ2v) is 9.61. The Kier molecular flexibility index (Phi) is 6.20. The number of aryl methyl sites for hydroxylation is 2. The van der Waals surface area contributed by atoms with Crippen molar-refractivity contribution >= 4 is 21.6 Å². The smallest absolute Gasteiger partial charge is 0.255 e. The van der Waals surface area contributed by atoms with Gasteiger partial charge in [-0.2, -0.15) is 4.31 Å². The molecule has 0 aromatic heterocycles. The number of nitrogens with zero attached hydrogens (tertiary/aromatic N) is 1. The summed E-state index contributed by atoms with van der Waals surface area (Å²) in [5.74, 6) is -0.253. The summed E-state index contributed by atoms with van der Waals surface area (Å²) in [7, 11) is -1.89. The number of nitrogens with one attached hydrogen (secondary N) is 1. The number of carbonyl (C=O) groups excluding carboxylic acids is 1. The van der Waals surface area contributed by atoms with E-state index in [-0.39, 0.29) is 16.8 Å². The second kappa shape index (κ2) is 8.45. The zero-order valence-corrected chi connectivity index (χ0v) is 17.6. The van der Waals surface area contributed by atoms with Crippen LogP contribution in [-0.4, -0.2) is 31.7 Å². The zero-order valence-electron chi connectivity index (χ0n) is 16.7. The highest BCUT2D eigenvalue weighted by atomic mass is 32.2. The maximum absolute atomic E-state index is 12.9. The molecule has 1 aliphatic rings. The van der Waals surface area contributed by atoms with Crippen molar-refractivity contribution in [2.75, 3.05) is 12.4 Å². The first-order valence-electron chi connectivity index (χ1n) is 9.76. The molecule has 2 aromatic rings. The number of anilines is 1. The van der Waals surface area contributed by atoms with Crippen LogP contribution in [0.15, 0.2) is 47.4 Å². The predicted octanol–water partition coefficient (Wildman–Crippen LogP) is 4.51. The summed E-state index contributed by atoms with van der Waals surface area (Å²) in [6, 6.07) is 12.1. The van der Waals surface area contributed by atoms with Crippen molar-refractivity contribution in [3.8, 4) is 0 Å². The van der Waals surface area contributed by atoms with E-state index in [9.17, 15) is 13.2 Å². The third-order valence-corrected chi connectivity index (χ3v) is 7.44. The third-order valence-electron chi connectivity index (χ3n) is 5.51. The molecule has 5 nitrogen and oxygen atoms in total. The topological polar surface area (TPSA) is 66.5 Å². The Labute approximate surface area is 167 Å². The Morgan fingerprint density at radius 1 is 1.00 bits per heavy atom. The van der Waals surface area contributed by atoms with Crippen molar-refractivity contribution in [2.45, 2.75) is 56.9 Å². The lowest BCUT2D eigenvalue weighted by Gasteiger charge is -2.30.